The fourth-order valence-corrected chi connectivity index (χ4v) is 1.52. The molecule has 0 aromatic carbocycles. The molecule has 0 aliphatic rings. The Hall–Kier alpha value is -1.80. The second-order valence-electron chi connectivity index (χ2n) is 4.30. The van der Waals surface area contributed by atoms with E-state index in [-0.39, 0.29) is 10.1 Å². The van der Waals surface area contributed by atoms with Gasteiger partial charge in [0.25, 0.3) is 5.56 Å². The first-order valence-corrected chi connectivity index (χ1v) is 5.30. The fraction of sp³-hybridized carbons (Fsp3) is 0.600. The van der Waals surface area contributed by atoms with Crippen LogP contribution in [0.1, 0.15) is 25.3 Å². The normalized spacial score (nSPS) is 12.4. The van der Waals surface area contributed by atoms with Crippen LogP contribution in [0.15, 0.2) is 9.59 Å². The number of aromatic hydroxyl groups is 1. The Labute approximate surface area is 104 Å². The Bertz CT molecular complexity index is 577. The summed E-state index contributed by atoms with van der Waals surface area (Å²) in [6, 6.07) is 0. The molecule has 1 rings (SSSR count). The van der Waals surface area contributed by atoms with Crippen LogP contribution in [-0.4, -0.2) is 27.0 Å². The summed E-state index contributed by atoms with van der Waals surface area (Å²) in [5.74, 6) is -6.09. The number of nitrogens with zero attached hydrogens (tertiary/aromatic N) is 1. The Morgan fingerprint density at radius 3 is 2.26 bits per heavy atom. The first-order valence-electron chi connectivity index (χ1n) is 5.30. The van der Waals surface area contributed by atoms with Crippen LogP contribution >= 0.6 is 0 Å². The zero-order chi connectivity index (χ0) is 15.0. The summed E-state index contributed by atoms with van der Waals surface area (Å²) >= 11 is 0. The molecule has 19 heavy (non-hydrogen) atoms. The SMILES string of the molecule is CC(C)c1c(O)n(CC(F)(F)C(F)F)c(=O)[nH]c1=O. The number of hydrogen-bond acceptors (Lipinski definition) is 3. The Morgan fingerprint density at radius 1 is 1.32 bits per heavy atom. The minimum Gasteiger partial charge on any atom is -0.494 e. The van der Waals surface area contributed by atoms with Crippen LogP contribution in [0.2, 0.25) is 0 Å². The van der Waals surface area contributed by atoms with Crippen molar-refractivity contribution >= 4 is 0 Å². The predicted octanol–water partition coefficient (Wildman–Crippen LogP) is 1.27. The van der Waals surface area contributed by atoms with Crippen molar-refractivity contribution in [3.63, 3.8) is 0 Å². The highest BCUT2D eigenvalue weighted by Crippen LogP contribution is 2.27. The molecule has 1 aromatic rings. The van der Waals surface area contributed by atoms with Gasteiger partial charge in [-0.2, -0.15) is 8.78 Å². The van der Waals surface area contributed by atoms with E-state index in [1.165, 1.54) is 13.8 Å². The molecule has 0 aliphatic carbocycles. The van der Waals surface area contributed by atoms with Gasteiger partial charge < -0.3 is 5.11 Å². The van der Waals surface area contributed by atoms with E-state index in [1.807, 2.05) is 0 Å². The van der Waals surface area contributed by atoms with Crippen molar-refractivity contribution in [3.05, 3.63) is 26.4 Å². The number of nitrogens with one attached hydrogen (secondary N) is 1. The van der Waals surface area contributed by atoms with E-state index in [0.717, 1.165) is 0 Å². The molecule has 1 heterocycles. The lowest BCUT2D eigenvalue weighted by Crippen LogP contribution is -2.40. The molecule has 0 saturated heterocycles. The summed E-state index contributed by atoms with van der Waals surface area (Å²) in [4.78, 5) is 24.4. The average molecular weight is 284 g/mol. The molecule has 0 saturated carbocycles. The van der Waals surface area contributed by atoms with Crippen LogP contribution in [0.25, 0.3) is 0 Å². The van der Waals surface area contributed by atoms with E-state index in [2.05, 4.69) is 0 Å². The number of rotatable bonds is 4. The third kappa shape index (κ3) is 2.96. The Morgan fingerprint density at radius 2 is 1.84 bits per heavy atom. The van der Waals surface area contributed by atoms with Crippen LogP contribution < -0.4 is 11.2 Å². The summed E-state index contributed by atoms with van der Waals surface area (Å²) < 4.78 is 50.0. The molecule has 0 aliphatic heterocycles. The third-order valence-electron chi connectivity index (χ3n) is 2.47. The van der Waals surface area contributed by atoms with E-state index in [0.29, 0.717) is 0 Å². The molecule has 9 heteroatoms. The molecule has 0 amide bonds. The minimum atomic E-state index is -4.49. The van der Waals surface area contributed by atoms with Crippen molar-refractivity contribution in [2.75, 3.05) is 0 Å². The van der Waals surface area contributed by atoms with E-state index >= 15 is 0 Å². The van der Waals surface area contributed by atoms with Gasteiger partial charge >= 0.3 is 18.0 Å². The van der Waals surface area contributed by atoms with Gasteiger partial charge in [-0.3, -0.25) is 14.3 Å². The van der Waals surface area contributed by atoms with Gasteiger partial charge in [-0.15, -0.1) is 0 Å². The molecule has 0 atom stereocenters. The molecule has 0 bridgehead atoms. The second-order valence-corrected chi connectivity index (χ2v) is 4.30. The Kier molecular flexibility index (Phi) is 4.06. The van der Waals surface area contributed by atoms with Gasteiger partial charge in [-0.1, -0.05) is 13.8 Å². The molecule has 0 fully saturated rings. The Balaban J connectivity index is 3.42. The number of H-pyrrole nitrogens is 1. The molecular formula is C10H12F4N2O3. The van der Waals surface area contributed by atoms with Crippen molar-refractivity contribution in [1.82, 2.24) is 9.55 Å². The molecule has 0 unspecified atom stereocenters. The smallest absolute Gasteiger partial charge is 0.331 e. The van der Waals surface area contributed by atoms with E-state index < -0.39 is 41.9 Å². The van der Waals surface area contributed by atoms with Gasteiger partial charge in [0.2, 0.25) is 5.88 Å². The molecule has 0 spiro atoms. The predicted molar refractivity (Wildman–Crippen MR) is 58.0 cm³/mol. The van der Waals surface area contributed by atoms with E-state index in [1.54, 1.807) is 4.98 Å². The third-order valence-corrected chi connectivity index (χ3v) is 2.47. The van der Waals surface area contributed by atoms with Crippen molar-refractivity contribution in [3.8, 4) is 5.88 Å². The minimum absolute atomic E-state index is 0.0306. The van der Waals surface area contributed by atoms with Crippen molar-refractivity contribution in [2.45, 2.75) is 38.7 Å². The van der Waals surface area contributed by atoms with Crippen LogP contribution in [0.3, 0.4) is 0 Å². The lowest BCUT2D eigenvalue weighted by Gasteiger charge is -2.18. The maximum absolute atomic E-state index is 12.9. The number of aromatic amines is 1. The second kappa shape index (κ2) is 5.06. The highest BCUT2D eigenvalue weighted by molar-refractivity contribution is 5.25. The van der Waals surface area contributed by atoms with Crippen LogP contribution in [0.4, 0.5) is 17.6 Å². The van der Waals surface area contributed by atoms with Gasteiger partial charge in [-0.25, -0.2) is 13.6 Å². The van der Waals surface area contributed by atoms with Crippen molar-refractivity contribution in [2.24, 2.45) is 0 Å². The lowest BCUT2D eigenvalue weighted by molar-refractivity contribution is -0.139. The summed E-state index contributed by atoms with van der Waals surface area (Å²) in [7, 11) is 0. The first-order chi connectivity index (χ1) is 8.58. The maximum Gasteiger partial charge on any atom is 0.331 e. The van der Waals surface area contributed by atoms with Gasteiger partial charge in [-0.05, 0) is 5.92 Å². The standard InChI is InChI=1S/C10H12F4N2O3/c1-4(2)5-6(17)15-9(19)16(7(5)18)3-10(13,14)8(11)12/h4,8,18H,3H2,1-2H3,(H,15,17,19). The van der Waals surface area contributed by atoms with Crippen molar-refractivity contribution < 1.29 is 22.7 Å². The van der Waals surface area contributed by atoms with Gasteiger partial charge in [0.05, 0.1) is 5.56 Å². The quantitative estimate of drug-likeness (QED) is 0.817. The highest BCUT2D eigenvalue weighted by Gasteiger charge is 2.42. The largest absolute Gasteiger partial charge is 0.494 e. The number of halogens is 4. The zero-order valence-corrected chi connectivity index (χ0v) is 10.1. The molecule has 108 valence electrons. The highest BCUT2D eigenvalue weighted by atomic mass is 19.3. The summed E-state index contributed by atoms with van der Waals surface area (Å²) in [6.07, 6.45) is -3.99. The molecule has 2 N–H and O–H groups in total. The van der Waals surface area contributed by atoms with E-state index in [4.69, 9.17) is 0 Å². The number of alkyl halides is 4. The molecule has 1 aromatic heterocycles. The average Bonchev–Trinajstić information content (AvgIpc) is 2.23. The number of hydrogen-bond donors (Lipinski definition) is 2. The fourth-order valence-electron chi connectivity index (χ4n) is 1.52. The monoisotopic (exact) mass is 284 g/mol. The maximum atomic E-state index is 12.9. The molecule has 0 radical (unpaired) electrons. The van der Waals surface area contributed by atoms with Gasteiger partial charge in [0, 0.05) is 0 Å². The summed E-state index contributed by atoms with van der Waals surface area (Å²) in [6.45, 7) is 1.24. The van der Waals surface area contributed by atoms with Crippen LogP contribution in [0, 0.1) is 0 Å². The topological polar surface area (TPSA) is 75.1 Å². The van der Waals surface area contributed by atoms with E-state index in [9.17, 15) is 32.3 Å². The van der Waals surface area contributed by atoms with Crippen molar-refractivity contribution in [1.29, 1.82) is 0 Å². The molecule has 5 nitrogen and oxygen atoms in total. The summed E-state index contributed by atoms with van der Waals surface area (Å²) in [5.41, 5.74) is -2.62. The summed E-state index contributed by atoms with van der Waals surface area (Å²) in [5, 5.41) is 9.63. The molecular weight excluding hydrogens is 272 g/mol. The number of aromatic nitrogens is 2. The zero-order valence-electron chi connectivity index (χ0n) is 10.1. The van der Waals surface area contributed by atoms with Gasteiger partial charge in [0.15, 0.2) is 0 Å². The first kappa shape index (κ1) is 15.3. The van der Waals surface area contributed by atoms with Gasteiger partial charge in [0.1, 0.15) is 6.54 Å². The van der Waals surface area contributed by atoms with Crippen LogP contribution in [0.5, 0.6) is 5.88 Å². The lowest BCUT2D eigenvalue weighted by atomic mass is 10.1. The van der Waals surface area contributed by atoms with Crippen LogP contribution in [-0.2, 0) is 6.54 Å².